The number of nitrogens with zero attached hydrogens (tertiary/aromatic N) is 2. The topological polar surface area (TPSA) is 82.5 Å². The van der Waals surface area contributed by atoms with Crippen LogP contribution in [0.4, 0.5) is 18.9 Å². The number of nitrogens with one attached hydrogen (secondary N) is 1. The standard InChI is InChI=1S/C24H20F3N3O4/c1-14-11-18(31)21(29-30(14)17-6-4-5-15(12-17)24(25,26)27)22(32)28-16-7-8-19-20(13-16)34-23(33-19)9-2-3-10-23/h4-8,11-13H,2-3,9-10H2,1H3,(H,28,32). The van der Waals surface area contributed by atoms with Crippen molar-refractivity contribution < 1.29 is 27.4 Å². The molecule has 0 unspecified atom stereocenters. The first-order chi connectivity index (χ1) is 16.1. The van der Waals surface area contributed by atoms with Crippen LogP contribution in [0.5, 0.6) is 11.5 Å². The SMILES string of the molecule is Cc1cc(=O)c(C(=O)Nc2ccc3c(c2)OC2(CCCC2)O3)nn1-c1cccc(C(F)(F)F)c1. The van der Waals surface area contributed by atoms with Crippen molar-refractivity contribution in [3.8, 4) is 17.2 Å². The molecule has 1 aliphatic heterocycles. The van der Waals surface area contributed by atoms with Gasteiger partial charge in [-0.2, -0.15) is 18.3 Å². The van der Waals surface area contributed by atoms with Crippen molar-refractivity contribution in [3.05, 3.63) is 75.7 Å². The van der Waals surface area contributed by atoms with Gasteiger partial charge in [0.25, 0.3) is 11.7 Å². The summed E-state index contributed by atoms with van der Waals surface area (Å²) in [6.45, 7) is 1.52. The lowest BCUT2D eigenvalue weighted by Crippen LogP contribution is -2.34. The Labute approximate surface area is 192 Å². The second-order valence-corrected chi connectivity index (χ2v) is 8.40. The van der Waals surface area contributed by atoms with E-state index in [1.54, 1.807) is 18.2 Å². The number of benzene rings is 2. The van der Waals surface area contributed by atoms with Crippen LogP contribution in [-0.4, -0.2) is 21.5 Å². The molecule has 2 heterocycles. The Kier molecular flexibility index (Phi) is 5.11. The van der Waals surface area contributed by atoms with E-state index in [9.17, 15) is 22.8 Å². The third-order valence-electron chi connectivity index (χ3n) is 5.90. The van der Waals surface area contributed by atoms with Crippen molar-refractivity contribution in [1.29, 1.82) is 0 Å². The number of carbonyl (C=O) groups is 1. The minimum atomic E-state index is -4.54. The number of halogens is 3. The predicted octanol–water partition coefficient (Wildman–Crippen LogP) is 4.85. The molecular weight excluding hydrogens is 451 g/mol. The number of hydrogen-bond acceptors (Lipinski definition) is 5. The zero-order valence-electron chi connectivity index (χ0n) is 18.1. The van der Waals surface area contributed by atoms with Crippen LogP contribution in [0.2, 0.25) is 0 Å². The number of aryl methyl sites for hydroxylation is 1. The van der Waals surface area contributed by atoms with E-state index in [1.807, 2.05) is 0 Å². The molecule has 2 aromatic carbocycles. The van der Waals surface area contributed by atoms with Crippen molar-refractivity contribution in [3.63, 3.8) is 0 Å². The largest absolute Gasteiger partial charge is 0.448 e. The molecule has 2 aliphatic rings. The molecule has 1 amide bonds. The number of amides is 1. The third kappa shape index (κ3) is 4.00. The lowest BCUT2D eigenvalue weighted by Gasteiger charge is -2.21. The van der Waals surface area contributed by atoms with Crippen molar-refractivity contribution >= 4 is 11.6 Å². The highest BCUT2D eigenvalue weighted by molar-refractivity contribution is 6.02. The average molecular weight is 471 g/mol. The Balaban J connectivity index is 1.42. The van der Waals surface area contributed by atoms with E-state index in [-0.39, 0.29) is 11.4 Å². The molecule has 5 rings (SSSR count). The van der Waals surface area contributed by atoms with Crippen LogP contribution in [0.1, 0.15) is 47.4 Å². The third-order valence-corrected chi connectivity index (χ3v) is 5.90. The van der Waals surface area contributed by atoms with Gasteiger partial charge in [0.2, 0.25) is 5.43 Å². The second kappa shape index (κ2) is 7.89. The molecule has 7 nitrogen and oxygen atoms in total. The highest BCUT2D eigenvalue weighted by atomic mass is 19.4. The van der Waals surface area contributed by atoms with Gasteiger partial charge in [-0.05, 0) is 50.1 Å². The molecule has 0 radical (unpaired) electrons. The highest BCUT2D eigenvalue weighted by Crippen LogP contribution is 2.47. The summed E-state index contributed by atoms with van der Waals surface area (Å²) in [4.78, 5) is 25.3. The number of alkyl halides is 3. The van der Waals surface area contributed by atoms with Crippen LogP contribution >= 0.6 is 0 Å². The first-order valence-corrected chi connectivity index (χ1v) is 10.8. The van der Waals surface area contributed by atoms with E-state index in [4.69, 9.17) is 9.47 Å². The summed E-state index contributed by atoms with van der Waals surface area (Å²) >= 11 is 0. The Morgan fingerprint density at radius 3 is 2.53 bits per heavy atom. The lowest BCUT2D eigenvalue weighted by molar-refractivity contribution is -0.137. The maximum absolute atomic E-state index is 13.1. The van der Waals surface area contributed by atoms with Gasteiger partial charge in [0.1, 0.15) is 0 Å². The van der Waals surface area contributed by atoms with Crippen molar-refractivity contribution in [2.75, 3.05) is 5.32 Å². The van der Waals surface area contributed by atoms with E-state index in [2.05, 4.69) is 10.4 Å². The Bertz CT molecular complexity index is 1340. The number of rotatable bonds is 3. The summed E-state index contributed by atoms with van der Waals surface area (Å²) in [5.74, 6) is -0.360. The van der Waals surface area contributed by atoms with E-state index in [0.29, 0.717) is 17.2 Å². The number of anilines is 1. The Morgan fingerprint density at radius 2 is 1.79 bits per heavy atom. The van der Waals surface area contributed by atoms with Gasteiger partial charge in [-0.15, -0.1) is 0 Å². The first-order valence-electron chi connectivity index (χ1n) is 10.8. The number of hydrogen-bond donors (Lipinski definition) is 1. The smallest absolute Gasteiger partial charge is 0.416 e. The minimum absolute atomic E-state index is 0.0753. The number of ether oxygens (including phenoxy) is 2. The normalized spacial score (nSPS) is 16.1. The zero-order chi connectivity index (χ0) is 24.1. The summed E-state index contributed by atoms with van der Waals surface area (Å²) in [5.41, 5.74) is -1.24. The Morgan fingerprint density at radius 1 is 1.06 bits per heavy atom. The molecule has 0 bridgehead atoms. The summed E-state index contributed by atoms with van der Waals surface area (Å²) in [6, 6.07) is 10.6. The second-order valence-electron chi connectivity index (χ2n) is 8.40. The predicted molar refractivity (Wildman–Crippen MR) is 116 cm³/mol. The molecule has 176 valence electrons. The van der Waals surface area contributed by atoms with Gasteiger partial charge in [0.05, 0.1) is 11.3 Å². The van der Waals surface area contributed by atoms with Crippen LogP contribution in [0, 0.1) is 6.92 Å². The molecule has 0 saturated heterocycles. The molecule has 1 N–H and O–H groups in total. The lowest BCUT2D eigenvalue weighted by atomic mass is 10.2. The first kappa shape index (κ1) is 22.0. The number of aromatic nitrogens is 2. The fourth-order valence-electron chi connectivity index (χ4n) is 4.26. The molecule has 1 fully saturated rings. The van der Waals surface area contributed by atoms with E-state index in [1.165, 1.54) is 19.1 Å². The van der Waals surface area contributed by atoms with Gasteiger partial charge in [-0.25, -0.2) is 4.68 Å². The summed E-state index contributed by atoms with van der Waals surface area (Å²) < 4.78 is 52.5. The maximum Gasteiger partial charge on any atom is 0.416 e. The van der Waals surface area contributed by atoms with Crippen LogP contribution in [-0.2, 0) is 6.18 Å². The summed E-state index contributed by atoms with van der Waals surface area (Å²) in [7, 11) is 0. The number of fused-ring (bicyclic) bond motifs is 1. The quantitative estimate of drug-likeness (QED) is 0.590. The van der Waals surface area contributed by atoms with Gasteiger partial charge >= 0.3 is 6.18 Å². The fraction of sp³-hybridized carbons (Fsp3) is 0.292. The van der Waals surface area contributed by atoms with E-state index in [0.717, 1.165) is 48.6 Å². The van der Waals surface area contributed by atoms with Gasteiger partial charge in [-0.1, -0.05) is 6.07 Å². The van der Waals surface area contributed by atoms with Gasteiger partial charge in [-0.3, -0.25) is 9.59 Å². The molecule has 10 heteroatoms. The van der Waals surface area contributed by atoms with Crippen LogP contribution in [0.15, 0.2) is 53.3 Å². The minimum Gasteiger partial charge on any atom is -0.448 e. The molecule has 3 aromatic rings. The average Bonchev–Trinajstić information content (AvgIpc) is 3.38. The molecule has 0 atom stereocenters. The van der Waals surface area contributed by atoms with E-state index < -0.39 is 34.6 Å². The molecule has 1 aromatic heterocycles. The van der Waals surface area contributed by atoms with Crippen LogP contribution in [0.3, 0.4) is 0 Å². The van der Waals surface area contributed by atoms with Crippen molar-refractivity contribution in [1.82, 2.24) is 9.78 Å². The highest BCUT2D eigenvalue weighted by Gasteiger charge is 2.44. The Hall–Kier alpha value is -3.82. The molecule has 1 saturated carbocycles. The van der Waals surface area contributed by atoms with Crippen LogP contribution < -0.4 is 20.2 Å². The fourth-order valence-corrected chi connectivity index (χ4v) is 4.26. The molecule has 34 heavy (non-hydrogen) atoms. The monoisotopic (exact) mass is 471 g/mol. The van der Waals surface area contributed by atoms with E-state index >= 15 is 0 Å². The van der Waals surface area contributed by atoms with Crippen molar-refractivity contribution in [2.24, 2.45) is 0 Å². The number of carbonyl (C=O) groups excluding carboxylic acids is 1. The van der Waals surface area contributed by atoms with Gasteiger partial charge < -0.3 is 14.8 Å². The molecular formula is C24H20F3N3O4. The van der Waals surface area contributed by atoms with Gasteiger partial charge in [0, 0.05) is 36.4 Å². The van der Waals surface area contributed by atoms with Gasteiger partial charge in [0.15, 0.2) is 17.2 Å². The molecule has 1 aliphatic carbocycles. The summed E-state index contributed by atoms with van der Waals surface area (Å²) in [5, 5.41) is 6.67. The zero-order valence-corrected chi connectivity index (χ0v) is 18.1. The maximum atomic E-state index is 13.1. The van der Waals surface area contributed by atoms with Crippen molar-refractivity contribution in [2.45, 2.75) is 44.6 Å². The summed E-state index contributed by atoms with van der Waals surface area (Å²) in [6.07, 6.45) is -0.958. The molecule has 1 spiro atoms. The van der Waals surface area contributed by atoms with Crippen LogP contribution in [0.25, 0.3) is 5.69 Å².